The Bertz CT molecular complexity index is 1160. The molecule has 4 rings (SSSR count). The summed E-state index contributed by atoms with van der Waals surface area (Å²) >= 11 is 5.95. The Hall–Kier alpha value is -3.97. The van der Waals surface area contributed by atoms with E-state index in [0.29, 0.717) is 24.7 Å². The van der Waals surface area contributed by atoms with Crippen LogP contribution in [-0.2, 0) is 19.6 Å². The molecule has 8 heteroatoms. The monoisotopic (exact) mass is 459 g/mol. The molecule has 33 heavy (non-hydrogen) atoms. The highest BCUT2D eigenvalue weighted by Crippen LogP contribution is 2.34. The van der Waals surface area contributed by atoms with Gasteiger partial charge in [-0.1, -0.05) is 84.4 Å². The fourth-order valence-corrected chi connectivity index (χ4v) is 3.63. The van der Waals surface area contributed by atoms with E-state index >= 15 is 0 Å². The maximum atomic E-state index is 12.1. The minimum Gasteiger partial charge on any atom is -0.360 e. The van der Waals surface area contributed by atoms with E-state index in [1.807, 2.05) is 77.7 Å². The average Bonchev–Trinajstić information content (AvgIpc) is 2.84. The van der Waals surface area contributed by atoms with E-state index in [4.69, 9.17) is 11.6 Å². The van der Waals surface area contributed by atoms with Crippen molar-refractivity contribution in [2.45, 2.75) is 19.6 Å². The smallest absolute Gasteiger partial charge is 0.353 e. The molecule has 0 spiro atoms. The normalized spacial score (nSPS) is 10.6. The zero-order valence-corrected chi connectivity index (χ0v) is 18.5. The summed E-state index contributed by atoms with van der Waals surface area (Å²) in [5.41, 5.74) is 2.83. The Kier molecular flexibility index (Phi) is 7.12. The minimum atomic E-state index is -0.428. The van der Waals surface area contributed by atoms with Crippen LogP contribution in [0.4, 0.5) is 17.3 Å². The van der Waals surface area contributed by atoms with Crippen LogP contribution >= 0.6 is 11.6 Å². The second kappa shape index (κ2) is 10.6. The number of hydrogen-bond acceptors (Lipinski definition) is 6. The highest BCUT2D eigenvalue weighted by Gasteiger charge is 2.27. The maximum Gasteiger partial charge on any atom is 0.353 e. The molecule has 4 aromatic rings. The number of benzene rings is 3. The predicted octanol–water partition coefficient (Wildman–Crippen LogP) is 5.86. The van der Waals surface area contributed by atoms with Crippen molar-refractivity contribution >= 4 is 28.9 Å². The van der Waals surface area contributed by atoms with Crippen LogP contribution in [-0.4, -0.2) is 14.9 Å². The standard InChI is InChI=1S/C25H22ClN5O2/c26-22-13-11-19(12-14-22)15-27-24-23(31(32)33)25(29-18-28-24)30(16-20-7-3-1-4-8-20)17-21-9-5-2-6-10-21/h1-14,18H,15-17H2,(H,27,28,29). The summed E-state index contributed by atoms with van der Waals surface area (Å²) < 4.78 is 0. The van der Waals surface area contributed by atoms with E-state index in [9.17, 15) is 10.1 Å². The molecule has 0 fully saturated rings. The molecule has 0 saturated heterocycles. The molecule has 1 aromatic heterocycles. The van der Waals surface area contributed by atoms with Crippen molar-refractivity contribution in [2.75, 3.05) is 10.2 Å². The molecule has 7 nitrogen and oxygen atoms in total. The molecule has 0 radical (unpaired) electrons. The zero-order valence-electron chi connectivity index (χ0n) is 17.8. The SMILES string of the molecule is O=[N+]([O-])c1c(NCc2ccc(Cl)cc2)ncnc1N(Cc1ccccc1)Cc1ccccc1. The Balaban J connectivity index is 1.68. The van der Waals surface area contributed by atoms with E-state index in [2.05, 4.69) is 15.3 Å². The van der Waals surface area contributed by atoms with E-state index in [0.717, 1.165) is 16.7 Å². The van der Waals surface area contributed by atoms with Gasteiger partial charge in [0.1, 0.15) is 6.33 Å². The van der Waals surface area contributed by atoms with Crippen molar-refractivity contribution in [1.82, 2.24) is 9.97 Å². The molecule has 0 aliphatic heterocycles. The van der Waals surface area contributed by atoms with Gasteiger partial charge < -0.3 is 10.2 Å². The zero-order chi connectivity index (χ0) is 23.0. The largest absolute Gasteiger partial charge is 0.360 e. The molecule has 0 aliphatic carbocycles. The van der Waals surface area contributed by atoms with Crippen LogP contribution in [0.2, 0.25) is 5.02 Å². The molecule has 166 valence electrons. The van der Waals surface area contributed by atoms with Crippen molar-refractivity contribution < 1.29 is 4.92 Å². The van der Waals surface area contributed by atoms with Crippen molar-refractivity contribution in [3.8, 4) is 0 Å². The first-order valence-corrected chi connectivity index (χ1v) is 10.8. The van der Waals surface area contributed by atoms with Crippen molar-refractivity contribution in [2.24, 2.45) is 0 Å². The topological polar surface area (TPSA) is 84.2 Å². The highest BCUT2D eigenvalue weighted by molar-refractivity contribution is 6.30. The summed E-state index contributed by atoms with van der Waals surface area (Å²) in [6.45, 7) is 1.29. The van der Waals surface area contributed by atoms with Crippen molar-refractivity contribution in [1.29, 1.82) is 0 Å². The average molecular weight is 460 g/mol. The van der Waals surface area contributed by atoms with Gasteiger partial charge in [-0.25, -0.2) is 9.97 Å². The van der Waals surface area contributed by atoms with Gasteiger partial charge >= 0.3 is 5.69 Å². The lowest BCUT2D eigenvalue weighted by atomic mass is 10.1. The quantitative estimate of drug-likeness (QED) is 0.249. The second-order valence-electron chi connectivity index (χ2n) is 7.46. The first kappa shape index (κ1) is 22.2. The maximum absolute atomic E-state index is 12.1. The summed E-state index contributed by atoms with van der Waals surface area (Å²) in [4.78, 5) is 22.1. The van der Waals surface area contributed by atoms with E-state index < -0.39 is 4.92 Å². The van der Waals surface area contributed by atoms with Crippen LogP contribution in [0.5, 0.6) is 0 Å². The fourth-order valence-electron chi connectivity index (χ4n) is 3.50. The number of aromatic nitrogens is 2. The summed E-state index contributed by atoms with van der Waals surface area (Å²) in [5, 5.41) is 15.9. The number of nitro groups is 1. The van der Waals surface area contributed by atoms with Gasteiger partial charge in [0.2, 0.25) is 11.6 Å². The summed E-state index contributed by atoms with van der Waals surface area (Å²) in [7, 11) is 0. The number of nitrogens with zero attached hydrogens (tertiary/aromatic N) is 4. The molecule has 0 unspecified atom stereocenters. The van der Waals surface area contributed by atoms with Crippen molar-refractivity contribution in [3.63, 3.8) is 0 Å². The number of halogens is 1. The molecule has 0 bridgehead atoms. The molecule has 1 heterocycles. The minimum absolute atomic E-state index is 0.154. The van der Waals surface area contributed by atoms with Crippen LogP contribution in [0.25, 0.3) is 0 Å². The predicted molar refractivity (Wildman–Crippen MR) is 130 cm³/mol. The van der Waals surface area contributed by atoms with Gasteiger partial charge in [0.05, 0.1) is 4.92 Å². The molecule has 0 aliphatic rings. The van der Waals surface area contributed by atoms with Crippen LogP contribution in [0.3, 0.4) is 0 Å². The molecule has 1 N–H and O–H groups in total. The Labute approximate surface area is 196 Å². The van der Waals surface area contributed by atoms with Crippen LogP contribution in [0.15, 0.2) is 91.3 Å². The van der Waals surface area contributed by atoms with Gasteiger partial charge in [-0.05, 0) is 28.8 Å². The van der Waals surface area contributed by atoms with E-state index in [1.165, 1.54) is 6.33 Å². The lowest BCUT2D eigenvalue weighted by molar-refractivity contribution is -0.383. The summed E-state index contributed by atoms with van der Waals surface area (Å²) in [5.74, 6) is 0.437. The van der Waals surface area contributed by atoms with Gasteiger partial charge in [-0.15, -0.1) is 0 Å². The third-order valence-corrected chi connectivity index (χ3v) is 5.34. The van der Waals surface area contributed by atoms with Crippen molar-refractivity contribution in [3.05, 3.63) is 123 Å². The van der Waals surface area contributed by atoms with Crippen LogP contribution in [0.1, 0.15) is 16.7 Å². The first-order valence-electron chi connectivity index (χ1n) is 10.4. The number of anilines is 2. The molecule has 0 saturated carbocycles. The fraction of sp³-hybridized carbons (Fsp3) is 0.120. The van der Waals surface area contributed by atoms with Gasteiger partial charge in [-0.2, -0.15) is 0 Å². The summed E-state index contributed by atoms with van der Waals surface area (Å²) in [6.07, 6.45) is 1.36. The van der Waals surface area contributed by atoms with Gasteiger partial charge in [0.15, 0.2) is 0 Å². The van der Waals surface area contributed by atoms with Gasteiger partial charge in [-0.3, -0.25) is 10.1 Å². The first-order chi connectivity index (χ1) is 16.1. The van der Waals surface area contributed by atoms with Crippen LogP contribution in [0, 0.1) is 10.1 Å². The highest BCUT2D eigenvalue weighted by atomic mass is 35.5. The lowest BCUT2D eigenvalue weighted by Gasteiger charge is -2.24. The number of hydrogen-bond donors (Lipinski definition) is 1. The van der Waals surface area contributed by atoms with Crippen LogP contribution < -0.4 is 10.2 Å². The number of nitrogens with one attached hydrogen (secondary N) is 1. The molecule has 0 atom stereocenters. The number of rotatable bonds is 9. The second-order valence-corrected chi connectivity index (χ2v) is 7.90. The van der Waals surface area contributed by atoms with E-state index in [-0.39, 0.29) is 17.3 Å². The molecular weight excluding hydrogens is 438 g/mol. The Morgan fingerprint density at radius 1 is 0.818 bits per heavy atom. The summed E-state index contributed by atoms with van der Waals surface area (Å²) in [6, 6.07) is 26.9. The molecule has 3 aromatic carbocycles. The lowest BCUT2D eigenvalue weighted by Crippen LogP contribution is -2.25. The molecule has 0 amide bonds. The van der Waals surface area contributed by atoms with E-state index in [1.54, 1.807) is 12.1 Å². The van der Waals surface area contributed by atoms with Gasteiger partial charge in [0, 0.05) is 24.7 Å². The Morgan fingerprint density at radius 3 is 1.94 bits per heavy atom. The third-order valence-electron chi connectivity index (χ3n) is 5.09. The van der Waals surface area contributed by atoms with Gasteiger partial charge in [0.25, 0.3) is 0 Å². The third kappa shape index (κ3) is 5.84. The molecular formula is C25H22ClN5O2. The Morgan fingerprint density at radius 2 is 1.39 bits per heavy atom.